The number of nitrogens with zero attached hydrogens (tertiary/aromatic N) is 3. The second kappa shape index (κ2) is 13.0. The molecule has 7 nitrogen and oxygen atoms in total. The number of carboxylic acid groups (broad SMARTS) is 1. The van der Waals surface area contributed by atoms with Crippen LogP contribution < -0.4 is 0 Å². The molecule has 9 heteroatoms. The molecule has 3 amide bonds. The van der Waals surface area contributed by atoms with Crippen LogP contribution in [0.25, 0.3) is 0 Å². The fraction of sp³-hybridized carbons (Fsp3) is 0.300. The van der Waals surface area contributed by atoms with Crippen molar-refractivity contribution in [3.05, 3.63) is 105 Å². The SMILES string of the molecule is CN(CCc1ccccc1)C(=O)c1ccccc1CN1CC(CC(=O)O)CN(Cc2ccc(Cl)cc2Cl)C1=O. The number of hydrogen-bond acceptors (Lipinski definition) is 3. The summed E-state index contributed by atoms with van der Waals surface area (Å²) in [5, 5.41) is 10.4. The van der Waals surface area contributed by atoms with Crippen molar-refractivity contribution in [2.45, 2.75) is 25.9 Å². The number of amides is 3. The number of aliphatic carboxylic acids is 1. The summed E-state index contributed by atoms with van der Waals surface area (Å²) in [6.45, 7) is 1.54. The minimum absolute atomic E-state index is 0.0720. The number of rotatable bonds is 10. The Balaban J connectivity index is 1.51. The predicted molar refractivity (Wildman–Crippen MR) is 152 cm³/mol. The van der Waals surface area contributed by atoms with Crippen molar-refractivity contribution in [2.24, 2.45) is 5.92 Å². The van der Waals surface area contributed by atoms with Crippen molar-refractivity contribution in [3.63, 3.8) is 0 Å². The van der Waals surface area contributed by atoms with Crippen LogP contribution in [0.3, 0.4) is 0 Å². The molecule has 204 valence electrons. The highest BCUT2D eigenvalue weighted by molar-refractivity contribution is 6.35. The van der Waals surface area contributed by atoms with Crippen LogP contribution in [0.5, 0.6) is 0 Å². The van der Waals surface area contributed by atoms with Gasteiger partial charge in [0.2, 0.25) is 0 Å². The van der Waals surface area contributed by atoms with Gasteiger partial charge in [-0.1, -0.05) is 77.8 Å². The van der Waals surface area contributed by atoms with E-state index in [0.29, 0.717) is 34.3 Å². The molecular formula is C30H31Cl2N3O4. The van der Waals surface area contributed by atoms with Crippen LogP contribution in [0, 0.1) is 5.92 Å². The molecule has 39 heavy (non-hydrogen) atoms. The molecule has 0 bridgehead atoms. The monoisotopic (exact) mass is 567 g/mol. The smallest absolute Gasteiger partial charge is 0.320 e. The Morgan fingerprint density at radius 1 is 0.923 bits per heavy atom. The first-order chi connectivity index (χ1) is 18.7. The lowest BCUT2D eigenvalue weighted by molar-refractivity contribution is -0.138. The highest BCUT2D eigenvalue weighted by atomic mass is 35.5. The molecule has 1 aliphatic rings. The number of halogens is 2. The second-order valence-electron chi connectivity index (χ2n) is 9.86. The van der Waals surface area contributed by atoms with Gasteiger partial charge in [-0.15, -0.1) is 0 Å². The van der Waals surface area contributed by atoms with Crippen LogP contribution in [0.2, 0.25) is 10.0 Å². The van der Waals surface area contributed by atoms with Gasteiger partial charge < -0.3 is 19.8 Å². The van der Waals surface area contributed by atoms with Gasteiger partial charge in [0, 0.05) is 61.3 Å². The first kappa shape index (κ1) is 28.5. The van der Waals surface area contributed by atoms with Gasteiger partial charge in [0.15, 0.2) is 0 Å². The molecule has 1 aliphatic heterocycles. The summed E-state index contributed by atoms with van der Waals surface area (Å²) in [5.41, 5.74) is 3.10. The van der Waals surface area contributed by atoms with Gasteiger partial charge >= 0.3 is 12.0 Å². The summed E-state index contributed by atoms with van der Waals surface area (Å²) in [6.07, 6.45) is 0.659. The zero-order chi connectivity index (χ0) is 27.9. The average Bonchev–Trinajstić information content (AvgIpc) is 2.91. The number of carbonyl (C=O) groups is 3. The topological polar surface area (TPSA) is 81.2 Å². The van der Waals surface area contributed by atoms with E-state index < -0.39 is 5.97 Å². The summed E-state index contributed by atoms with van der Waals surface area (Å²) >= 11 is 12.4. The van der Waals surface area contributed by atoms with Crippen LogP contribution in [0.15, 0.2) is 72.8 Å². The lowest BCUT2D eigenvalue weighted by atomic mass is 9.99. The first-order valence-electron chi connectivity index (χ1n) is 12.8. The largest absolute Gasteiger partial charge is 0.481 e. The second-order valence-corrected chi connectivity index (χ2v) is 10.7. The molecule has 4 rings (SSSR count). The van der Waals surface area contributed by atoms with Crippen LogP contribution in [0.1, 0.15) is 33.5 Å². The third kappa shape index (κ3) is 7.52. The van der Waals surface area contributed by atoms with Crippen molar-refractivity contribution in [1.82, 2.24) is 14.7 Å². The molecule has 1 fully saturated rings. The van der Waals surface area contributed by atoms with E-state index >= 15 is 0 Å². The molecule has 1 unspecified atom stereocenters. The lowest BCUT2D eigenvalue weighted by Gasteiger charge is -2.40. The normalized spacial score (nSPS) is 15.4. The standard InChI is InChI=1S/C30H31Cl2N3O4/c1-33(14-13-21-7-3-2-4-8-21)29(38)26-10-6-5-9-23(26)19-34-17-22(15-28(36)37)18-35(30(34)39)20-24-11-12-25(31)16-27(24)32/h2-12,16,22H,13-15,17-20H2,1H3,(H,36,37). The van der Waals surface area contributed by atoms with E-state index in [1.54, 1.807) is 46.0 Å². The molecule has 0 aromatic heterocycles. The van der Waals surface area contributed by atoms with Crippen molar-refractivity contribution < 1.29 is 19.5 Å². The molecule has 1 N–H and O–H groups in total. The summed E-state index contributed by atoms with van der Waals surface area (Å²) in [6, 6.07) is 22.1. The summed E-state index contributed by atoms with van der Waals surface area (Å²) in [4.78, 5) is 43.4. The molecular weight excluding hydrogens is 537 g/mol. The Hall–Kier alpha value is -3.55. The Morgan fingerprint density at radius 3 is 2.23 bits per heavy atom. The van der Waals surface area contributed by atoms with Gasteiger partial charge in [-0.25, -0.2) is 4.79 Å². The van der Waals surface area contributed by atoms with E-state index in [2.05, 4.69) is 0 Å². The van der Waals surface area contributed by atoms with Crippen molar-refractivity contribution in [2.75, 3.05) is 26.7 Å². The molecule has 0 saturated carbocycles. The fourth-order valence-corrected chi connectivity index (χ4v) is 5.32. The lowest BCUT2D eigenvalue weighted by Crippen LogP contribution is -2.53. The summed E-state index contributed by atoms with van der Waals surface area (Å²) in [5.74, 6) is -1.32. The van der Waals surface area contributed by atoms with E-state index in [4.69, 9.17) is 23.2 Å². The Labute approximate surface area is 238 Å². The molecule has 3 aromatic rings. The number of carbonyl (C=O) groups excluding carboxylic acids is 2. The highest BCUT2D eigenvalue weighted by Gasteiger charge is 2.34. The average molecular weight is 569 g/mol. The van der Waals surface area contributed by atoms with E-state index in [-0.39, 0.29) is 43.9 Å². The number of hydrogen-bond donors (Lipinski definition) is 1. The predicted octanol–water partition coefficient (Wildman–Crippen LogP) is 5.84. The van der Waals surface area contributed by atoms with E-state index in [9.17, 15) is 19.5 Å². The van der Waals surface area contributed by atoms with E-state index in [1.165, 1.54) is 0 Å². The maximum absolute atomic E-state index is 13.6. The fourth-order valence-electron chi connectivity index (χ4n) is 4.85. The van der Waals surface area contributed by atoms with Crippen LogP contribution in [0.4, 0.5) is 4.79 Å². The van der Waals surface area contributed by atoms with Gasteiger partial charge in [0.25, 0.3) is 5.91 Å². The van der Waals surface area contributed by atoms with Crippen LogP contribution in [-0.4, -0.2) is 64.4 Å². The van der Waals surface area contributed by atoms with Gasteiger partial charge in [0.05, 0.1) is 6.42 Å². The van der Waals surface area contributed by atoms with Crippen LogP contribution >= 0.6 is 23.2 Å². The maximum atomic E-state index is 13.6. The zero-order valence-corrected chi connectivity index (χ0v) is 23.2. The maximum Gasteiger partial charge on any atom is 0.320 e. The summed E-state index contributed by atoms with van der Waals surface area (Å²) < 4.78 is 0. The van der Waals surface area contributed by atoms with Crippen molar-refractivity contribution in [3.8, 4) is 0 Å². The molecule has 0 spiro atoms. The number of carboxylic acids is 1. The van der Waals surface area contributed by atoms with Gasteiger partial charge in [-0.3, -0.25) is 9.59 Å². The Kier molecular flexibility index (Phi) is 9.49. The number of urea groups is 1. The Bertz CT molecular complexity index is 1330. The molecule has 1 heterocycles. The minimum Gasteiger partial charge on any atom is -0.481 e. The number of benzene rings is 3. The zero-order valence-electron chi connectivity index (χ0n) is 21.7. The van der Waals surface area contributed by atoms with Gasteiger partial charge in [-0.05, 0) is 41.3 Å². The minimum atomic E-state index is -0.922. The van der Waals surface area contributed by atoms with Gasteiger partial charge in [-0.2, -0.15) is 0 Å². The Morgan fingerprint density at radius 2 is 1.56 bits per heavy atom. The quantitative estimate of drug-likeness (QED) is 0.334. The molecule has 1 atom stereocenters. The molecule has 0 aliphatic carbocycles. The molecule has 3 aromatic carbocycles. The van der Waals surface area contributed by atoms with Crippen LogP contribution in [-0.2, 0) is 24.3 Å². The summed E-state index contributed by atoms with van der Waals surface area (Å²) in [7, 11) is 1.77. The van der Waals surface area contributed by atoms with Crippen molar-refractivity contribution >= 4 is 41.1 Å². The molecule has 1 saturated heterocycles. The third-order valence-corrected chi connectivity index (χ3v) is 7.46. The highest BCUT2D eigenvalue weighted by Crippen LogP contribution is 2.27. The molecule has 0 radical (unpaired) electrons. The van der Waals surface area contributed by atoms with Gasteiger partial charge in [0.1, 0.15) is 0 Å². The van der Waals surface area contributed by atoms with Crippen molar-refractivity contribution in [1.29, 1.82) is 0 Å². The van der Waals surface area contributed by atoms with E-state index in [0.717, 1.165) is 17.5 Å². The van der Waals surface area contributed by atoms with E-state index in [1.807, 2.05) is 48.5 Å². The third-order valence-electron chi connectivity index (χ3n) is 6.87. The first-order valence-corrected chi connectivity index (χ1v) is 13.5. The number of likely N-dealkylation sites (N-methyl/N-ethyl adjacent to an activating group) is 1.